The molecule has 28 heavy (non-hydrogen) atoms. The van der Waals surface area contributed by atoms with Crippen molar-refractivity contribution in [3.63, 3.8) is 0 Å². The van der Waals surface area contributed by atoms with E-state index < -0.39 is 0 Å². The van der Waals surface area contributed by atoms with Gasteiger partial charge in [0.15, 0.2) is 0 Å². The van der Waals surface area contributed by atoms with Crippen LogP contribution < -0.4 is 4.74 Å². The minimum Gasteiger partial charge on any atom is -0.455 e. The highest BCUT2D eigenvalue weighted by Crippen LogP contribution is 2.26. The molecule has 1 aliphatic rings. The maximum Gasteiger partial charge on any atom is 0.145 e. The van der Waals surface area contributed by atoms with Gasteiger partial charge < -0.3 is 4.74 Å². The van der Waals surface area contributed by atoms with Gasteiger partial charge >= 0.3 is 0 Å². The van der Waals surface area contributed by atoms with Crippen LogP contribution in [0.15, 0.2) is 79.1 Å². The van der Waals surface area contributed by atoms with Crippen molar-refractivity contribution in [3.05, 3.63) is 90.3 Å². The third kappa shape index (κ3) is 5.18. The molecule has 1 aliphatic heterocycles. The number of ether oxygens (including phenoxy) is 1. The van der Waals surface area contributed by atoms with Gasteiger partial charge in [0.2, 0.25) is 0 Å². The Balaban J connectivity index is 1.37. The molecule has 0 atom stereocenters. The number of benzene rings is 2. The lowest BCUT2D eigenvalue weighted by Gasteiger charge is -2.23. The number of para-hydroxylation sites is 1. The molecule has 4 nitrogen and oxygen atoms in total. The van der Waals surface area contributed by atoms with Crippen molar-refractivity contribution in [2.75, 3.05) is 26.2 Å². The topological polar surface area (TPSA) is 28.6 Å². The Morgan fingerprint density at radius 2 is 1.50 bits per heavy atom. The van der Waals surface area contributed by atoms with Crippen molar-refractivity contribution in [1.82, 2.24) is 14.8 Å². The van der Waals surface area contributed by atoms with Crippen LogP contribution in [0.1, 0.15) is 17.5 Å². The number of nitrogens with zero attached hydrogens (tertiary/aromatic N) is 3. The molecule has 0 amide bonds. The first-order valence-corrected chi connectivity index (χ1v) is 10.0. The first-order valence-electron chi connectivity index (χ1n) is 10.0. The van der Waals surface area contributed by atoms with E-state index in [2.05, 4.69) is 57.2 Å². The van der Waals surface area contributed by atoms with Gasteiger partial charge in [-0.2, -0.15) is 0 Å². The molecule has 0 radical (unpaired) electrons. The lowest BCUT2D eigenvalue weighted by molar-refractivity contribution is 0.245. The molecule has 0 spiro atoms. The molecule has 2 heterocycles. The van der Waals surface area contributed by atoms with Crippen LogP contribution in [0.4, 0.5) is 0 Å². The van der Waals surface area contributed by atoms with Crippen molar-refractivity contribution in [1.29, 1.82) is 0 Å². The van der Waals surface area contributed by atoms with Crippen molar-refractivity contribution in [2.24, 2.45) is 0 Å². The van der Waals surface area contributed by atoms with Gasteiger partial charge in [0, 0.05) is 37.9 Å². The van der Waals surface area contributed by atoms with E-state index in [9.17, 15) is 0 Å². The van der Waals surface area contributed by atoms with Crippen molar-refractivity contribution < 1.29 is 4.74 Å². The molecule has 3 aromatic rings. The van der Waals surface area contributed by atoms with E-state index in [1.54, 1.807) is 12.4 Å². The van der Waals surface area contributed by atoms with Crippen molar-refractivity contribution >= 4 is 0 Å². The first kappa shape index (κ1) is 18.7. The lowest BCUT2D eigenvalue weighted by Crippen LogP contribution is -2.30. The second-order valence-corrected chi connectivity index (χ2v) is 7.29. The highest BCUT2D eigenvalue weighted by atomic mass is 16.5. The number of aromatic nitrogens is 1. The Hall–Kier alpha value is -2.69. The van der Waals surface area contributed by atoms with Gasteiger partial charge in [0.05, 0.1) is 6.20 Å². The Labute approximate surface area is 167 Å². The molecule has 1 saturated heterocycles. The Kier molecular flexibility index (Phi) is 6.32. The van der Waals surface area contributed by atoms with Crippen LogP contribution in [0, 0.1) is 0 Å². The summed E-state index contributed by atoms with van der Waals surface area (Å²) in [7, 11) is 0. The fraction of sp³-hybridized carbons (Fsp3) is 0.292. The van der Waals surface area contributed by atoms with Crippen LogP contribution in [-0.2, 0) is 13.1 Å². The summed E-state index contributed by atoms with van der Waals surface area (Å²) < 4.78 is 6.08. The largest absolute Gasteiger partial charge is 0.455 e. The predicted molar refractivity (Wildman–Crippen MR) is 112 cm³/mol. The number of hydrogen-bond donors (Lipinski definition) is 0. The summed E-state index contributed by atoms with van der Waals surface area (Å²) >= 11 is 0. The zero-order valence-electron chi connectivity index (χ0n) is 16.2. The quantitative estimate of drug-likeness (QED) is 0.632. The third-order valence-electron chi connectivity index (χ3n) is 5.16. The van der Waals surface area contributed by atoms with Gasteiger partial charge in [-0.05, 0) is 43.3 Å². The molecule has 0 N–H and O–H groups in total. The van der Waals surface area contributed by atoms with Crippen LogP contribution in [0.5, 0.6) is 11.5 Å². The van der Waals surface area contributed by atoms with Gasteiger partial charge in [-0.25, -0.2) is 0 Å². The molecular formula is C24H27N3O. The zero-order chi connectivity index (χ0) is 19.0. The molecule has 4 rings (SSSR count). The Morgan fingerprint density at radius 1 is 0.750 bits per heavy atom. The number of hydrogen-bond acceptors (Lipinski definition) is 4. The molecule has 4 heteroatoms. The summed E-state index contributed by atoms with van der Waals surface area (Å²) in [5, 5.41) is 0. The second-order valence-electron chi connectivity index (χ2n) is 7.29. The normalized spacial score (nSPS) is 15.9. The van der Waals surface area contributed by atoms with E-state index in [1.807, 2.05) is 24.3 Å². The molecule has 1 fully saturated rings. The smallest absolute Gasteiger partial charge is 0.145 e. The van der Waals surface area contributed by atoms with E-state index in [0.717, 1.165) is 50.8 Å². The van der Waals surface area contributed by atoms with Crippen molar-refractivity contribution in [2.45, 2.75) is 19.5 Å². The summed E-state index contributed by atoms with van der Waals surface area (Å²) in [5.41, 5.74) is 2.62. The van der Waals surface area contributed by atoms with Gasteiger partial charge in [-0.3, -0.25) is 14.8 Å². The fourth-order valence-corrected chi connectivity index (χ4v) is 3.69. The van der Waals surface area contributed by atoms with E-state index >= 15 is 0 Å². The zero-order valence-corrected chi connectivity index (χ0v) is 16.2. The summed E-state index contributed by atoms with van der Waals surface area (Å²) in [4.78, 5) is 9.24. The van der Waals surface area contributed by atoms with Gasteiger partial charge in [-0.1, -0.05) is 48.5 Å². The highest BCUT2D eigenvalue weighted by molar-refractivity contribution is 5.37. The standard InChI is InChI=1S/C24H27N3O/c1-2-8-21(9-3-1)19-26-14-7-15-27(17-16-26)20-22-10-4-5-12-24(22)28-23-11-6-13-25-18-23/h1-6,8-13,18H,7,14-17,19-20H2. The molecule has 0 unspecified atom stereocenters. The molecule has 144 valence electrons. The Morgan fingerprint density at radius 3 is 2.29 bits per heavy atom. The van der Waals surface area contributed by atoms with Crippen molar-refractivity contribution in [3.8, 4) is 11.5 Å². The van der Waals surface area contributed by atoms with E-state index in [1.165, 1.54) is 17.5 Å². The predicted octanol–water partition coefficient (Wildman–Crippen LogP) is 4.58. The van der Waals surface area contributed by atoms with Crippen LogP contribution in [0.2, 0.25) is 0 Å². The summed E-state index contributed by atoms with van der Waals surface area (Å²) in [6, 6.07) is 22.9. The maximum atomic E-state index is 6.08. The average Bonchev–Trinajstić information content (AvgIpc) is 2.96. The summed E-state index contributed by atoms with van der Waals surface area (Å²) in [6.07, 6.45) is 4.71. The number of pyridine rings is 1. The highest BCUT2D eigenvalue weighted by Gasteiger charge is 2.16. The van der Waals surface area contributed by atoms with E-state index in [0.29, 0.717) is 0 Å². The SMILES string of the molecule is c1ccc(CN2CCCN(Cc3ccccc3Oc3cccnc3)CC2)cc1. The minimum absolute atomic E-state index is 0.778. The average molecular weight is 374 g/mol. The minimum atomic E-state index is 0.778. The molecule has 0 aliphatic carbocycles. The molecule has 2 aromatic carbocycles. The second kappa shape index (κ2) is 9.49. The molecule has 1 aromatic heterocycles. The molecular weight excluding hydrogens is 346 g/mol. The van der Waals surface area contributed by atoms with Gasteiger partial charge in [0.1, 0.15) is 11.5 Å². The van der Waals surface area contributed by atoms with E-state index in [-0.39, 0.29) is 0 Å². The summed E-state index contributed by atoms with van der Waals surface area (Å²) in [5.74, 6) is 1.70. The van der Waals surface area contributed by atoms with Crippen LogP contribution in [0.25, 0.3) is 0 Å². The molecule has 0 bridgehead atoms. The van der Waals surface area contributed by atoms with Crippen LogP contribution >= 0.6 is 0 Å². The lowest BCUT2D eigenvalue weighted by atomic mass is 10.2. The monoisotopic (exact) mass is 373 g/mol. The van der Waals surface area contributed by atoms with Crippen LogP contribution in [-0.4, -0.2) is 41.0 Å². The first-order chi connectivity index (χ1) is 13.9. The third-order valence-corrected chi connectivity index (χ3v) is 5.16. The fourth-order valence-electron chi connectivity index (χ4n) is 3.69. The Bertz CT molecular complexity index is 854. The van der Waals surface area contributed by atoms with Crippen LogP contribution in [0.3, 0.4) is 0 Å². The molecule has 0 saturated carbocycles. The van der Waals surface area contributed by atoms with E-state index in [4.69, 9.17) is 4.74 Å². The number of rotatable bonds is 6. The van der Waals surface area contributed by atoms with Gasteiger partial charge in [-0.15, -0.1) is 0 Å². The maximum absolute atomic E-state index is 6.08. The summed E-state index contributed by atoms with van der Waals surface area (Å²) in [6.45, 7) is 6.39. The van der Waals surface area contributed by atoms with Gasteiger partial charge in [0.25, 0.3) is 0 Å².